The fraction of sp³-hybridized carbons (Fsp3) is 0.312. The molecule has 0 N–H and O–H groups in total. The van der Waals surface area contributed by atoms with Gasteiger partial charge in [0, 0.05) is 11.8 Å². The molecule has 0 unspecified atom stereocenters. The van der Waals surface area contributed by atoms with E-state index >= 15 is 0 Å². The summed E-state index contributed by atoms with van der Waals surface area (Å²) in [5.74, 6) is 0. The molecule has 0 fully saturated rings. The minimum atomic E-state index is 1.08. The summed E-state index contributed by atoms with van der Waals surface area (Å²) in [6.07, 6.45) is 4.30. The van der Waals surface area contributed by atoms with Gasteiger partial charge in [0.2, 0.25) is 0 Å². The number of rotatable bonds is 3. The highest BCUT2D eigenvalue weighted by Gasteiger charge is 2.03. The fourth-order valence-corrected chi connectivity index (χ4v) is 1.99. The van der Waals surface area contributed by atoms with E-state index in [1.165, 1.54) is 28.7 Å². The Morgan fingerprint density at radius 3 is 2.41 bits per heavy atom. The second kappa shape index (κ2) is 5.13. The number of hydrogen-bond donors (Lipinski definition) is 0. The summed E-state index contributed by atoms with van der Waals surface area (Å²) in [6, 6.07) is 10.8. The third kappa shape index (κ3) is 2.73. The van der Waals surface area contributed by atoms with Gasteiger partial charge < -0.3 is 0 Å². The Kier molecular flexibility index (Phi) is 3.58. The summed E-state index contributed by atoms with van der Waals surface area (Å²) in [5.41, 5.74) is 6.28. The molecule has 0 amide bonds. The van der Waals surface area contributed by atoms with E-state index in [0.717, 1.165) is 12.1 Å². The molecular formula is C16H19N. The Morgan fingerprint density at radius 2 is 1.76 bits per heavy atom. The van der Waals surface area contributed by atoms with Crippen LogP contribution < -0.4 is 0 Å². The number of aromatic nitrogens is 1. The molecule has 0 aliphatic carbocycles. The minimum Gasteiger partial charge on any atom is -0.256 e. The number of aryl methyl sites for hydroxylation is 3. The molecule has 2 rings (SSSR count). The normalized spacial score (nSPS) is 10.5. The Labute approximate surface area is 104 Å². The van der Waals surface area contributed by atoms with Crippen molar-refractivity contribution in [3.05, 3.63) is 53.2 Å². The third-order valence-electron chi connectivity index (χ3n) is 3.08. The largest absolute Gasteiger partial charge is 0.256 e. The first kappa shape index (κ1) is 11.8. The van der Waals surface area contributed by atoms with Crippen molar-refractivity contribution in [3.63, 3.8) is 0 Å². The average molecular weight is 225 g/mol. The van der Waals surface area contributed by atoms with Crippen LogP contribution in [0.5, 0.6) is 0 Å². The van der Waals surface area contributed by atoms with Crippen LogP contribution in [0.3, 0.4) is 0 Å². The van der Waals surface area contributed by atoms with Gasteiger partial charge in [0.15, 0.2) is 0 Å². The minimum absolute atomic E-state index is 1.08. The first-order chi connectivity index (χ1) is 8.20. The van der Waals surface area contributed by atoms with Gasteiger partial charge in [0.05, 0.1) is 5.69 Å². The molecule has 0 bridgehead atoms. The lowest BCUT2D eigenvalue weighted by Crippen LogP contribution is -1.93. The van der Waals surface area contributed by atoms with E-state index in [0.29, 0.717) is 0 Å². The lowest BCUT2D eigenvalue weighted by atomic mass is 10.0. The summed E-state index contributed by atoms with van der Waals surface area (Å²) >= 11 is 0. The van der Waals surface area contributed by atoms with Crippen molar-refractivity contribution in [2.45, 2.75) is 33.6 Å². The maximum Gasteiger partial charge on any atom is 0.0704 e. The number of benzene rings is 1. The molecule has 17 heavy (non-hydrogen) atoms. The fourth-order valence-electron chi connectivity index (χ4n) is 1.99. The summed E-state index contributed by atoms with van der Waals surface area (Å²) in [6.45, 7) is 6.46. The van der Waals surface area contributed by atoms with Gasteiger partial charge in [-0.25, -0.2) is 0 Å². The van der Waals surface area contributed by atoms with Gasteiger partial charge in [-0.1, -0.05) is 43.2 Å². The van der Waals surface area contributed by atoms with E-state index in [4.69, 9.17) is 0 Å². The first-order valence-corrected chi connectivity index (χ1v) is 6.23. The van der Waals surface area contributed by atoms with Crippen molar-refractivity contribution in [2.24, 2.45) is 0 Å². The summed E-state index contributed by atoms with van der Waals surface area (Å²) < 4.78 is 0. The highest BCUT2D eigenvalue weighted by Crippen LogP contribution is 2.21. The molecule has 1 aromatic heterocycles. The van der Waals surface area contributed by atoms with E-state index in [1.54, 1.807) is 0 Å². The SMILES string of the molecule is CCCc1cc(-c2ccc(C)cc2)ncc1C. The average Bonchev–Trinajstić information content (AvgIpc) is 2.33. The van der Waals surface area contributed by atoms with E-state index in [-0.39, 0.29) is 0 Å². The van der Waals surface area contributed by atoms with Gasteiger partial charge in [-0.2, -0.15) is 0 Å². The van der Waals surface area contributed by atoms with Crippen LogP contribution in [-0.2, 0) is 6.42 Å². The van der Waals surface area contributed by atoms with Gasteiger partial charge in [0.1, 0.15) is 0 Å². The van der Waals surface area contributed by atoms with Gasteiger partial charge in [-0.05, 0) is 37.5 Å². The zero-order chi connectivity index (χ0) is 12.3. The quantitative estimate of drug-likeness (QED) is 0.758. The van der Waals surface area contributed by atoms with Gasteiger partial charge >= 0.3 is 0 Å². The standard InChI is InChI=1S/C16H19N/c1-4-5-15-10-16(17-11-13(15)3)14-8-6-12(2)7-9-14/h6-11H,4-5H2,1-3H3. The van der Waals surface area contributed by atoms with Crippen LogP contribution in [0, 0.1) is 13.8 Å². The van der Waals surface area contributed by atoms with E-state index in [9.17, 15) is 0 Å². The predicted molar refractivity (Wildman–Crippen MR) is 73.1 cm³/mol. The van der Waals surface area contributed by atoms with Gasteiger partial charge in [-0.3, -0.25) is 4.98 Å². The number of nitrogens with zero attached hydrogens (tertiary/aromatic N) is 1. The second-order valence-electron chi connectivity index (χ2n) is 4.61. The topological polar surface area (TPSA) is 12.9 Å². The molecule has 1 heterocycles. The van der Waals surface area contributed by atoms with Crippen molar-refractivity contribution in [3.8, 4) is 11.3 Å². The summed E-state index contributed by atoms with van der Waals surface area (Å²) in [4.78, 5) is 4.52. The van der Waals surface area contributed by atoms with E-state index < -0.39 is 0 Å². The summed E-state index contributed by atoms with van der Waals surface area (Å²) in [5, 5.41) is 0. The monoisotopic (exact) mass is 225 g/mol. The first-order valence-electron chi connectivity index (χ1n) is 6.23. The zero-order valence-corrected chi connectivity index (χ0v) is 10.8. The van der Waals surface area contributed by atoms with Crippen molar-refractivity contribution in [1.82, 2.24) is 4.98 Å². The molecule has 1 heteroatoms. The second-order valence-corrected chi connectivity index (χ2v) is 4.61. The van der Waals surface area contributed by atoms with Crippen LogP contribution in [0.1, 0.15) is 30.0 Å². The Morgan fingerprint density at radius 1 is 1.06 bits per heavy atom. The highest BCUT2D eigenvalue weighted by molar-refractivity contribution is 5.60. The Bertz CT molecular complexity index is 497. The Balaban J connectivity index is 2.39. The van der Waals surface area contributed by atoms with E-state index in [1.807, 2.05) is 6.20 Å². The van der Waals surface area contributed by atoms with Crippen LogP contribution >= 0.6 is 0 Å². The van der Waals surface area contributed by atoms with Crippen LogP contribution in [-0.4, -0.2) is 4.98 Å². The molecule has 88 valence electrons. The van der Waals surface area contributed by atoms with Crippen LogP contribution in [0.25, 0.3) is 11.3 Å². The van der Waals surface area contributed by atoms with Crippen molar-refractivity contribution >= 4 is 0 Å². The molecule has 0 aliphatic rings. The third-order valence-corrected chi connectivity index (χ3v) is 3.08. The lowest BCUT2D eigenvalue weighted by molar-refractivity contribution is 0.908. The highest BCUT2D eigenvalue weighted by atomic mass is 14.7. The van der Waals surface area contributed by atoms with Gasteiger partial charge in [0.25, 0.3) is 0 Å². The molecule has 1 aromatic carbocycles. The predicted octanol–water partition coefficient (Wildman–Crippen LogP) is 4.32. The zero-order valence-electron chi connectivity index (χ0n) is 10.8. The van der Waals surface area contributed by atoms with Gasteiger partial charge in [-0.15, -0.1) is 0 Å². The van der Waals surface area contributed by atoms with Crippen molar-refractivity contribution in [1.29, 1.82) is 0 Å². The maximum atomic E-state index is 4.52. The smallest absolute Gasteiger partial charge is 0.0704 e. The molecule has 0 saturated carbocycles. The number of pyridine rings is 1. The van der Waals surface area contributed by atoms with Crippen LogP contribution in [0.4, 0.5) is 0 Å². The van der Waals surface area contributed by atoms with Crippen molar-refractivity contribution < 1.29 is 0 Å². The maximum absolute atomic E-state index is 4.52. The molecule has 2 aromatic rings. The van der Waals surface area contributed by atoms with Crippen LogP contribution in [0.15, 0.2) is 36.5 Å². The molecule has 0 atom stereocenters. The molecule has 0 spiro atoms. The Hall–Kier alpha value is -1.63. The summed E-state index contributed by atoms with van der Waals surface area (Å²) in [7, 11) is 0. The molecule has 0 saturated heterocycles. The lowest BCUT2D eigenvalue weighted by Gasteiger charge is -2.07. The molecule has 0 radical (unpaired) electrons. The van der Waals surface area contributed by atoms with E-state index in [2.05, 4.69) is 56.1 Å². The van der Waals surface area contributed by atoms with Crippen molar-refractivity contribution in [2.75, 3.05) is 0 Å². The molecule has 0 aliphatic heterocycles. The molecular weight excluding hydrogens is 206 g/mol. The number of hydrogen-bond acceptors (Lipinski definition) is 1. The van der Waals surface area contributed by atoms with Crippen LogP contribution in [0.2, 0.25) is 0 Å². The molecule has 1 nitrogen and oxygen atoms in total.